The van der Waals surface area contributed by atoms with Gasteiger partial charge in [0.25, 0.3) is 0 Å². The summed E-state index contributed by atoms with van der Waals surface area (Å²) < 4.78 is 0. The zero-order valence-electron chi connectivity index (χ0n) is 21.2. The van der Waals surface area contributed by atoms with Gasteiger partial charge in [0.2, 0.25) is 0 Å². The molecule has 2 heterocycles. The first-order valence-corrected chi connectivity index (χ1v) is 12.3. The summed E-state index contributed by atoms with van der Waals surface area (Å²) in [5, 5.41) is 0. The van der Waals surface area contributed by atoms with Gasteiger partial charge in [-0.2, -0.15) is 49.2 Å². The third-order valence-corrected chi connectivity index (χ3v) is 5.55. The summed E-state index contributed by atoms with van der Waals surface area (Å²) in [7, 11) is 0. The van der Waals surface area contributed by atoms with Crippen molar-refractivity contribution in [1.82, 2.24) is 9.97 Å². The monoisotopic (exact) mass is 564 g/mol. The average Bonchev–Trinajstić information content (AvgIpc) is 2.94. The Labute approximate surface area is 241 Å². The molecule has 0 unspecified atom stereocenters. The van der Waals surface area contributed by atoms with E-state index in [-0.39, 0.29) is 38.3 Å². The minimum atomic E-state index is 0. The Morgan fingerprint density at radius 2 is 0.946 bits per heavy atom. The van der Waals surface area contributed by atoms with Crippen LogP contribution in [0.2, 0.25) is 0 Å². The molecule has 1 aliphatic carbocycles. The molecule has 186 valence electrons. The standard InChI is InChI=1S/C18H20N4.2C7H7.Zr/c1-2-10-18(22-14-16-8-4-6-12-20-16)17(9-1)21-13-15-7-3-5-11-19-15;2*1-7-5-3-2-4-6-7;/h3-8,11-14,17-18H,1-2,9-10H2;2*2-6H,1H2;/q;2*-1;+2/t17-,18-;;;/m1.../s1. The van der Waals surface area contributed by atoms with Crippen molar-refractivity contribution in [3.8, 4) is 0 Å². The van der Waals surface area contributed by atoms with E-state index in [1.807, 2.05) is 109 Å². The van der Waals surface area contributed by atoms with E-state index in [2.05, 4.69) is 23.8 Å². The van der Waals surface area contributed by atoms with Gasteiger partial charge in [-0.05, 0) is 37.1 Å². The summed E-state index contributed by atoms with van der Waals surface area (Å²) in [4.78, 5) is 18.0. The van der Waals surface area contributed by atoms with Gasteiger partial charge in [0.05, 0.1) is 23.5 Å². The Hall–Kier alpha value is -3.30. The maximum absolute atomic E-state index is 4.73. The fraction of sp³-hybridized carbons (Fsp3) is 0.188. The van der Waals surface area contributed by atoms with E-state index >= 15 is 0 Å². The summed E-state index contributed by atoms with van der Waals surface area (Å²) in [6.07, 6.45) is 12.0. The van der Waals surface area contributed by atoms with Crippen LogP contribution in [0, 0.1) is 13.8 Å². The second-order valence-electron chi connectivity index (χ2n) is 8.46. The van der Waals surface area contributed by atoms with Gasteiger partial charge in [0, 0.05) is 24.8 Å². The number of nitrogens with zero attached hydrogens (tertiary/aromatic N) is 4. The first-order valence-electron chi connectivity index (χ1n) is 12.3. The molecule has 1 saturated carbocycles. The first-order chi connectivity index (χ1) is 17.7. The van der Waals surface area contributed by atoms with E-state index < -0.39 is 0 Å². The minimum absolute atomic E-state index is 0. The number of benzene rings is 2. The maximum atomic E-state index is 4.73. The number of rotatable bonds is 4. The van der Waals surface area contributed by atoms with Crippen LogP contribution in [0.1, 0.15) is 48.2 Å². The second-order valence-corrected chi connectivity index (χ2v) is 8.46. The number of aliphatic imine (C=N–C) groups is 2. The third kappa shape index (κ3) is 12.5. The molecular formula is C32H34N4Zr. The molecule has 0 spiro atoms. The van der Waals surface area contributed by atoms with Crippen LogP contribution in [0.5, 0.6) is 0 Å². The molecule has 2 aromatic heterocycles. The van der Waals surface area contributed by atoms with E-state index in [4.69, 9.17) is 9.98 Å². The molecule has 0 saturated heterocycles. The van der Waals surface area contributed by atoms with E-state index in [0.717, 1.165) is 35.4 Å². The van der Waals surface area contributed by atoms with Crippen molar-refractivity contribution in [3.63, 3.8) is 0 Å². The number of hydrogen-bond acceptors (Lipinski definition) is 4. The molecule has 1 aliphatic rings. The molecule has 5 heteroatoms. The number of pyridine rings is 2. The van der Waals surface area contributed by atoms with Gasteiger partial charge < -0.3 is 0 Å². The summed E-state index contributed by atoms with van der Waals surface area (Å²) in [6, 6.07) is 32.0. The van der Waals surface area contributed by atoms with Gasteiger partial charge in [0.15, 0.2) is 0 Å². The normalized spacial score (nSPS) is 16.5. The molecule has 0 N–H and O–H groups in total. The quantitative estimate of drug-likeness (QED) is 0.196. The fourth-order valence-corrected chi connectivity index (χ4v) is 3.64. The van der Waals surface area contributed by atoms with Crippen LogP contribution in [-0.4, -0.2) is 34.5 Å². The predicted octanol–water partition coefficient (Wildman–Crippen LogP) is 7.06. The Morgan fingerprint density at radius 3 is 1.24 bits per heavy atom. The average molecular weight is 566 g/mol. The van der Waals surface area contributed by atoms with Crippen LogP contribution in [0.3, 0.4) is 0 Å². The Morgan fingerprint density at radius 1 is 0.568 bits per heavy atom. The molecule has 0 amide bonds. The predicted molar refractivity (Wildman–Crippen MR) is 152 cm³/mol. The van der Waals surface area contributed by atoms with Crippen molar-refractivity contribution in [3.05, 3.63) is 146 Å². The summed E-state index contributed by atoms with van der Waals surface area (Å²) >= 11 is 0. The van der Waals surface area contributed by atoms with Gasteiger partial charge in [0.1, 0.15) is 0 Å². The van der Waals surface area contributed by atoms with Crippen molar-refractivity contribution >= 4 is 12.4 Å². The molecular weight excluding hydrogens is 532 g/mol. The molecule has 4 nitrogen and oxygen atoms in total. The molecule has 37 heavy (non-hydrogen) atoms. The zero-order chi connectivity index (χ0) is 25.3. The third-order valence-electron chi connectivity index (χ3n) is 5.55. The van der Waals surface area contributed by atoms with Crippen molar-refractivity contribution in [2.75, 3.05) is 0 Å². The van der Waals surface area contributed by atoms with E-state index in [1.165, 1.54) is 12.8 Å². The van der Waals surface area contributed by atoms with Crippen molar-refractivity contribution in [2.24, 2.45) is 9.98 Å². The topological polar surface area (TPSA) is 50.5 Å². The summed E-state index contributed by atoms with van der Waals surface area (Å²) in [5.41, 5.74) is 3.95. The largest absolute Gasteiger partial charge is 2.00 e. The van der Waals surface area contributed by atoms with Gasteiger partial charge in [-0.3, -0.25) is 20.0 Å². The SMILES string of the molecule is C(=N[C@@H]1CCCC[C@H]1N=Cc1ccccn1)c1ccccn1.[CH2-]c1ccccc1.[CH2-]c1ccccc1.[Zr+2]. The van der Waals surface area contributed by atoms with Gasteiger partial charge in [-0.1, -0.05) is 37.1 Å². The van der Waals surface area contributed by atoms with Gasteiger partial charge in [-0.25, -0.2) is 0 Å². The molecule has 0 radical (unpaired) electrons. The molecule has 2 aromatic carbocycles. The Bertz CT molecular complexity index is 1060. The van der Waals surface area contributed by atoms with Crippen molar-refractivity contribution < 1.29 is 26.2 Å². The van der Waals surface area contributed by atoms with Gasteiger partial charge in [-0.15, -0.1) is 24.3 Å². The summed E-state index contributed by atoms with van der Waals surface area (Å²) in [5.74, 6) is 0. The smallest absolute Gasteiger partial charge is 0.285 e. The van der Waals surface area contributed by atoms with E-state index in [0.29, 0.717) is 0 Å². The molecule has 2 atom stereocenters. The molecule has 0 bridgehead atoms. The van der Waals surface area contributed by atoms with E-state index in [1.54, 1.807) is 12.4 Å². The van der Waals surface area contributed by atoms with Crippen LogP contribution in [-0.2, 0) is 26.2 Å². The summed E-state index contributed by atoms with van der Waals surface area (Å²) in [6.45, 7) is 7.44. The first kappa shape index (κ1) is 29.9. The molecule has 4 aromatic rings. The number of hydrogen-bond donors (Lipinski definition) is 0. The maximum Gasteiger partial charge on any atom is 2.00 e. The molecule has 1 fully saturated rings. The Balaban J connectivity index is 0.000000262. The molecule has 0 aliphatic heterocycles. The van der Waals surface area contributed by atoms with Crippen LogP contribution in [0.25, 0.3) is 0 Å². The second kappa shape index (κ2) is 18.0. The Kier molecular flexibility index (Phi) is 14.6. The van der Waals surface area contributed by atoms with Crippen LogP contribution in [0.4, 0.5) is 0 Å². The minimum Gasteiger partial charge on any atom is -0.285 e. The van der Waals surface area contributed by atoms with Crippen molar-refractivity contribution in [1.29, 1.82) is 0 Å². The van der Waals surface area contributed by atoms with Crippen LogP contribution < -0.4 is 0 Å². The van der Waals surface area contributed by atoms with E-state index in [9.17, 15) is 0 Å². The molecule has 5 rings (SSSR count). The fourth-order valence-electron chi connectivity index (χ4n) is 3.64. The van der Waals surface area contributed by atoms with Gasteiger partial charge >= 0.3 is 26.2 Å². The van der Waals surface area contributed by atoms with Crippen LogP contribution in [0.15, 0.2) is 119 Å². The zero-order valence-corrected chi connectivity index (χ0v) is 23.7. The number of aromatic nitrogens is 2. The van der Waals surface area contributed by atoms with Crippen molar-refractivity contribution in [2.45, 2.75) is 37.8 Å². The van der Waals surface area contributed by atoms with Crippen LogP contribution >= 0.6 is 0 Å².